The molecule has 0 saturated carbocycles. The fourth-order valence-corrected chi connectivity index (χ4v) is 4.95. The van der Waals surface area contributed by atoms with Crippen molar-refractivity contribution in [3.05, 3.63) is 120 Å². The van der Waals surface area contributed by atoms with Gasteiger partial charge in [-0.15, -0.1) is 11.8 Å². The molecule has 0 spiro atoms. The summed E-state index contributed by atoms with van der Waals surface area (Å²) in [7, 11) is 5.47. The first kappa shape index (κ1) is 30.9. The van der Waals surface area contributed by atoms with Crippen molar-refractivity contribution in [2.75, 3.05) is 36.7 Å². The van der Waals surface area contributed by atoms with Crippen LogP contribution in [0.3, 0.4) is 0 Å². The lowest BCUT2D eigenvalue weighted by Crippen LogP contribution is -2.30. The summed E-state index contributed by atoms with van der Waals surface area (Å²) in [5.74, 6) is -0.388. The lowest BCUT2D eigenvalue weighted by molar-refractivity contribution is -0.115. The van der Waals surface area contributed by atoms with Crippen LogP contribution in [0.5, 0.6) is 5.75 Å². The van der Waals surface area contributed by atoms with Crippen molar-refractivity contribution < 1.29 is 19.1 Å². The fourth-order valence-electron chi connectivity index (χ4n) is 4.03. The van der Waals surface area contributed by atoms with E-state index in [1.165, 1.54) is 11.8 Å². The van der Waals surface area contributed by atoms with Gasteiger partial charge in [0.05, 0.1) is 12.4 Å². The number of benzene rings is 4. The van der Waals surface area contributed by atoms with Gasteiger partial charge in [-0.05, 0) is 73.2 Å². The molecule has 4 aromatic rings. The maximum absolute atomic E-state index is 13.5. The molecule has 0 aliphatic heterocycles. The summed E-state index contributed by atoms with van der Waals surface area (Å²) < 4.78 is 5.22. The zero-order valence-corrected chi connectivity index (χ0v) is 25.3. The van der Waals surface area contributed by atoms with Crippen LogP contribution in [0.15, 0.2) is 114 Å². The van der Waals surface area contributed by atoms with Gasteiger partial charge in [-0.25, -0.2) is 0 Å². The summed E-state index contributed by atoms with van der Waals surface area (Å²) >= 11 is 1.36. The van der Waals surface area contributed by atoms with E-state index in [-0.39, 0.29) is 11.6 Å². The van der Waals surface area contributed by atoms with Crippen LogP contribution in [-0.2, 0) is 9.59 Å². The van der Waals surface area contributed by atoms with E-state index in [0.717, 1.165) is 16.1 Å². The van der Waals surface area contributed by atoms with E-state index in [1.807, 2.05) is 74.4 Å². The van der Waals surface area contributed by atoms with Gasteiger partial charge in [0.25, 0.3) is 11.8 Å². The highest BCUT2D eigenvalue weighted by atomic mass is 32.2. The third kappa shape index (κ3) is 8.98. The molecule has 0 aliphatic carbocycles. The molecular formula is C34H34N4O4S. The van der Waals surface area contributed by atoms with Crippen molar-refractivity contribution >= 4 is 52.6 Å². The van der Waals surface area contributed by atoms with Crippen LogP contribution in [0.25, 0.3) is 6.08 Å². The van der Waals surface area contributed by atoms with Gasteiger partial charge in [-0.1, -0.05) is 42.5 Å². The standard InChI is InChI=1S/C34H34N4O4S/c1-23(32(39)35-26-12-8-14-29(21-26)42-4)43-30-15-9-13-27(22-30)36-34(41)31(37-33(40)25-10-6-5-7-11-25)20-24-16-18-28(19-17-24)38(2)3/h5-23H,1-4H3,(H,35,39)(H,36,41)(H,37,40)/b31-20+. The quantitative estimate of drug-likeness (QED) is 0.139. The van der Waals surface area contributed by atoms with Crippen LogP contribution in [0, 0.1) is 0 Å². The summed E-state index contributed by atoms with van der Waals surface area (Å²) in [6.45, 7) is 1.81. The molecule has 3 N–H and O–H groups in total. The van der Waals surface area contributed by atoms with Crippen molar-refractivity contribution in [3.63, 3.8) is 0 Å². The number of hydrogen-bond acceptors (Lipinski definition) is 6. The second kappa shape index (κ2) is 14.7. The summed E-state index contributed by atoms with van der Waals surface area (Å²) in [6, 6.07) is 30.7. The molecule has 0 radical (unpaired) electrons. The molecule has 43 heavy (non-hydrogen) atoms. The summed E-state index contributed by atoms with van der Waals surface area (Å²) in [5, 5.41) is 8.14. The van der Waals surface area contributed by atoms with Gasteiger partial charge >= 0.3 is 0 Å². The van der Waals surface area contributed by atoms with Gasteiger partial charge < -0.3 is 25.6 Å². The highest BCUT2D eigenvalue weighted by molar-refractivity contribution is 8.00. The monoisotopic (exact) mass is 594 g/mol. The second-order valence-corrected chi connectivity index (χ2v) is 11.2. The molecule has 0 aliphatic rings. The van der Waals surface area contributed by atoms with E-state index in [4.69, 9.17) is 4.74 Å². The summed E-state index contributed by atoms with van der Waals surface area (Å²) in [5.41, 5.74) is 3.46. The molecule has 1 unspecified atom stereocenters. The first-order valence-electron chi connectivity index (χ1n) is 13.6. The molecule has 0 heterocycles. The maximum Gasteiger partial charge on any atom is 0.272 e. The Hall–Kier alpha value is -5.02. The lowest BCUT2D eigenvalue weighted by atomic mass is 10.1. The highest BCUT2D eigenvalue weighted by Gasteiger charge is 2.18. The van der Waals surface area contributed by atoms with E-state index in [2.05, 4.69) is 16.0 Å². The Morgan fingerprint density at radius 2 is 1.49 bits per heavy atom. The first-order chi connectivity index (χ1) is 20.7. The summed E-state index contributed by atoms with van der Waals surface area (Å²) in [6.07, 6.45) is 1.64. The normalized spacial score (nSPS) is 11.7. The van der Waals surface area contributed by atoms with Crippen molar-refractivity contribution in [3.8, 4) is 5.75 Å². The number of methoxy groups -OCH3 is 1. The van der Waals surface area contributed by atoms with Crippen molar-refractivity contribution in [1.29, 1.82) is 0 Å². The molecular weight excluding hydrogens is 560 g/mol. The maximum atomic E-state index is 13.5. The topological polar surface area (TPSA) is 99.8 Å². The second-order valence-electron chi connectivity index (χ2n) is 9.83. The van der Waals surface area contributed by atoms with Gasteiger partial charge in [0.2, 0.25) is 5.91 Å². The van der Waals surface area contributed by atoms with Crippen LogP contribution in [-0.4, -0.2) is 44.2 Å². The van der Waals surface area contributed by atoms with Crippen molar-refractivity contribution in [2.24, 2.45) is 0 Å². The Labute approximate surface area is 256 Å². The highest BCUT2D eigenvalue weighted by Crippen LogP contribution is 2.27. The summed E-state index contributed by atoms with van der Waals surface area (Å²) in [4.78, 5) is 42.0. The molecule has 0 aromatic heterocycles. The fraction of sp³-hybridized carbons (Fsp3) is 0.147. The minimum atomic E-state index is -0.480. The molecule has 4 aromatic carbocycles. The van der Waals surface area contributed by atoms with Gasteiger partial charge in [0, 0.05) is 47.7 Å². The molecule has 3 amide bonds. The number of hydrogen-bond donors (Lipinski definition) is 3. The predicted octanol–water partition coefficient (Wildman–Crippen LogP) is 6.29. The Morgan fingerprint density at radius 3 is 2.16 bits per heavy atom. The van der Waals surface area contributed by atoms with Crippen LogP contribution in [0.2, 0.25) is 0 Å². The molecule has 0 bridgehead atoms. The van der Waals surface area contributed by atoms with E-state index in [1.54, 1.807) is 67.8 Å². The Morgan fingerprint density at radius 1 is 0.814 bits per heavy atom. The van der Waals surface area contributed by atoms with E-state index >= 15 is 0 Å². The van der Waals surface area contributed by atoms with Gasteiger partial charge in [-0.2, -0.15) is 0 Å². The zero-order chi connectivity index (χ0) is 30.8. The van der Waals surface area contributed by atoms with Crippen molar-refractivity contribution in [2.45, 2.75) is 17.1 Å². The van der Waals surface area contributed by atoms with Crippen LogP contribution < -0.4 is 25.6 Å². The van der Waals surface area contributed by atoms with Crippen molar-refractivity contribution in [1.82, 2.24) is 5.32 Å². The molecule has 8 nitrogen and oxygen atoms in total. The third-order valence-electron chi connectivity index (χ3n) is 6.36. The molecule has 0 saturated heterocycles. The smallest absolute Gasteiger partial charge is 0.272 e. The Bertz CT molecular complexity index is 1600. The van der Waals surface area contributed by atoms with E-state index in [0.29, 0.717) is 22.7 Å². The van der Waals surface area contributed by atoms with E-state index < -0.39 is 17.1 Å². The SMILES string of the molecule is COc1cccc(NC(=O)C(C)Sc2cccc(NC(=O)/C(=C\c3ccc(N(C)C)cc3)NC(=O)c3ccccc3)c2)c1. The number of ether oxygens (including phenoxy) is 1. The lowest BCUT2D eigenvalue weighted by Gasteiger charge is -2.15. The van der Waals surface area contributed by atoms with Gasteiger partial charge in [0.15, 0.2) is 0 Å². The number of nitrogens with one attached hydrogen (secondary N) is 3. The number of anilines is 3. The zero-order valence-electron chi connectivity index (χ0n) is 24.5. The number of rotatable bonds is 11. The Kier molecular flexibility index (Phi) is 10.6. The third-order valence-corrected chi connectivity index (χ3v) is 7.45. The number of carbonyl (C=O) groups excluding carboxylic acids is 3. The minimum absolute atomic E-state index is 0.0931. The first-order valence-corrected chi connectivity index (χ1v) is 14.5. The largest absolute Gasteiger partial charge is 0.497 e. The van der Waals surface area contributed by atoms with Gasteiger partial charge in [-0.3, -0.25) is 14.4 Å². The van der Waals surface area contributed by atoms with Crippen LogP contribution >= 0.6 is 11.8 Å². The average molecular weight is 595 g/mol. The molecule has 1 atom stereocenters. The molecule has 0 fully saturated rings. The number of carbonyl (C=O) groups is 3. The van der Waals surface area contributed by atoms with Crippen LogP contribution in [0.1, 0.15) is 22.8 Å². The molecule has 220 valence electrons. The van der Waals surface area contributed by atoms with Gasteiger partial charge in [0.1, 0.15) is 11.4 Å². The number of thioether (sulfide) groups is 1. The Balaban J connectivity index is 1.48. The van der Waals surface area contributed by atoms with E-state index in [9.17, 15) is 14.4 Å². The predicted molar refractivity (Wildman–Crippen MR) is 175 cm³/mol. The average Bonchev–Trinajstić information content (AvgIpc) is 3.01. The minimum Gasteiger partial charge on any atom is -0.497 e. The number of amides is 3. The molecule has 4 rings (SSSR count). The number of nitrogens with zero attached hydrogens (tertiary/aromatic N) is 1. The molecule has 9 heteroatoms. The van der Waals surface area contributed by atoms with Crippen LogP contribution in [0.4, 0.5) is 17.1 Å².